The molecule has 5 nitrogen and oxygen atoms in total. The number of thiophene rings is 1. The van der Waals surface area contributed by atoms with Gasteiger partial charge in [-0.05, 0) is 35.1 Å². The number of nitrogens with one attached hydrogen (secondary N) is 1. The smallest absolute Gasteiger partial charge is 0.282 e. The summed E-state index contributed by atoms with van der Waals surface area (Å²) in [6, 6.07) is 29.9. The standard InChI is InChI=1S/C27H24N2O3S/c1-20(21-12-5-2-6-13-21)29(25(30)24-18-11-19-33-24)28-26(31)27(32,22-14-7-3-8-15-22)23-16-9-4-10-17-23/h2-20,32H,1H3,(H,28,31)/t20-/m1/s1. The van der Waals surface area contributed by atoms with Crippen LogP contribution in [-0.4, -0.2) is 21.9 Å². The molecule has 0 fully saturated rings. The van der Waals surface area contributed by atoms with Gasteiger partial charge in [-0.3, -0.25) is 15.0 Å². The summed E-state index contributed by atoms with van der Waals surface area (Å²) in [5, 5.41) is 14.9. The molecule has 6 heteroatoms. The molecule has 33 heavy (non-hydrogen) atoms. The number of benzene rings is 3. The van der Waals surface area contributed by atoms with Gasteiger partial charge < -0.3 is 5.11 Å². The van der Waals surface area contributed by atoms with E-state index in [0.717, 1.165) is 5.56 Å². The molecule has 4 aromatic rings. The monoisotopic (exact) mass is 456 g/mol. The molecule has 2 amide bonds. The third-order valence-corrected chi connectivity index (χ3v) is 6.41. The lowest BCUT2D eigenvalue weighted by molar-refractivity contribution is -0.141. The normalized spacial score (nSPS) is 12.1. The van der Waals surface area contributed by atoms with Gasteiger partial charge >= 0.3 is 0 Å². The zero-order chi connectivity index (χ0) is 23.3. The number of hydrogen-bond acceptors (Lipinski definition) is 4. The summed E-state index contributed by atoms with van der Waals surface area (Å²) >= 11 is 1.29. The van der Waals surface area contributed by atoms with E-state index in [2.05, 4.69) is 5.43 Å². The van der Waals surface area contributed by atoms with E-state index < -0.39 is 17.6 Å². The lowest BCUT2D eigenvalue weighted by Crippen LogP contribution is -2.54. The number of hydrogen-bond donors (Lipinski definition) is 2. The summed E-state index contributed by atoms with van der Waals surface area (Å²) < 4.78 is 0. The first-order chi connectivity index (χ1) is 16.0. The minimum absolute atomic E-state index is 0.349. The summed E-state index contributed by atoms with van der Waals surface area (Å²) in [5.74, 6) is -1.06. The average molecular weight is 457 g/mol. The molecule has 1 aromatic heterocycles. The van der Waals surface area contributed by atoms with E-state index in [1.165, 1.54) is 16.3 Å². The Morgan fingerprint density at radius 1 is 0.818 bits per heavy atom. The molecule has 4 rings (SSSR count). The fourth-order valence-electron chi connectivity index (χ4n) is 3.70. The Bertz CT molecular complexity index is 1160. The highest BCUT2D eigenvalue weighted by molar-refractivity contribution is 7.12. The maximum absolute atomic E-state index is 13.7. The summed E-state index contributed by atoms with van der Waals surface area (Å²) in [5.41, 5.74) is 2.42. The van der Waals surface area contributed by atoms with Crippen LogP contribution < -0.4 is 5.43 Å². The van der Waals surface area contributed by atoms with Crippen molar-refractivity contribution in [2.45, 2.75) is 18.6 Å². The van der Waals surface area contributed by atoms with Crippen LogP contribution in [0.25, 0.3) is 0 Å². The van der Waals surface area contributed by atoms with Gasteiger partial charge in [-0.15, -0.1) is 11.3 Å². The lowest BCUT2D eigenvalue weighted by atomic mass is 9.85. The Labute approximate surface area is 196 Å². The molecule has 1 heterocycles. The molecular formula is C27H24N2O3S. The van der Waals surface area contributed by atoms with E-state index in [0.29, 0.717) is 16.0 Å². The van der Waals surface area contributed by atoms with E-state index in [4.69, 9.17) is 0 Å². The lowest BCUT2D eigenvalue weighted by Gasteiger charge is -2.34. The number of carbonyl (C=O) groups excluding carboxylic acids is 2. The summed E-state index contributed by atoms with van der Waals surface area (Å²) in [6.07, 6.45) is 0. The van der Waals surface area contributed by atoms with Crippen LogP contribution in [0.3, 0.4) is 0 Å². The number of amides is 2. The molecule has 0 bridgehead atoms. The Morgan fingerprint density at radius 2 is 1.33 bits per heavy atom. The average Bonchev–Trinajstić information content (AvgIpc) is 3.42. The fourth-order valence-corrected chi connectivity index (χ4v) is 4.36. The molecule has 0 aliphatic heterocycles. The molecule has 2 N–H and O–H groups in total. The van der Waals surface area contributed by atoms with E-state index >= 15 is 0 Å². The quantitative estimate of drug-likeness (QED) is 0.405. The molecular weight excluding hydrogens is 432 g/mol. The Morgan fingerprint density at radius 3 is 1.82 bits per heavy atom. The third-order valence-electron chi connectivity index (χ3n) is 5.55. The fraction of sp³-hybridized carbons (Fsp3) is 0.111. The molecule has 166 valence electrons. The molecule has 0 saturated carbocycles. The van der Waals surface area contributed by atoms with Gasteiger partial charge in [0, 0.05) is 0 Å². The second-order valence-electron chi connectivity index (χ2n) is 7.62. The van der Waals surface area contributed by atoms with E-state index in [-0.39, 0.29) is 5.91 Å². The van der Waals surface area contributed by atoms with Gasteiger partial charge in [0.05, 0.1) is 10.9 Å². The number of carbonyl (C=O) groups is 2. The maximum atomic E-state index is 13.7. The highest BCUT2D eigenvalue weighted by Gasteiger charge is 2.42. The molecule has 1 atom stereocenters. The van der Waals surface area contributed by atoms with Crippen molar-refractivity contribution in [1.82, 2.24) is 10.4 Å². The van der Waals surface area contributed by atoms with Gasteiger partial charge in [-0.1, -0.05) is 97.1 Å². The van der Waals surface area contributed by atoms with Gasteiger partial charge in [-0.2, -0.15) is 0 Å². The van der Waals surface area contributed by atoms with Crippen LogP contribution >= 0.6 is 11.3 Å². The second-order valence-corrected chi connectivity index (χ2v) is 8.57. The third kappa shape index (κ3) is 4.58. The molecule has 0 aliphatic rings. The molecule has 0 radical (unpaired) electrons. The minimum atomic E-state index is -1.99. The van der Waals surface area contributed by atoms with Crippen LogP contribution in [0.4, 0.5) is 0 Å². The van der Waals surface area contributed by atoms with Crippen LogP contribution in [-0.2, 0) is 10.4 Å². The maximum Gasteiger partial charge on any atom is 0.282 e. The molecule has 0 spiro atoms. The van der Waals surface area contributed by atoms with E-state index in [9.17, 15) is 14.7 Å². The highest BCUT2D eigenvalue weighted by Crippen LogP contribution is 2.31. The van der Waals surface area contributed by atoms with Crippen LogP contribution in [0.2, 0.25) is 0 Å². The van der Waals surface area contributed by atoms with Gasteiger partial charge in [0.15, 0.2) is 5.60 Å². The minimum Gasteiger partial charge on any atom is -0.372 e. The second kappa shape index (κ2) is 9.81. The SMILES string of the molecule is C[C@H](c1ccccc1)N(NC(=O)C(O)(c1ccccc1)c1ccccc1)C(=O)c1cccs1. The summed E-state index contributed by atoms with van der Waals surface area (Å²) in [4.78, 5) is 27.6. The summed E-state index contributed by atoms with van der Waals surface area (Å²) in [6.45, 7) is 1.84. The van der Waals surface area contributed by atoms with Crippen molar-refractivity contribution in [3.63, 3.8) is 0 Å². The van der Waals surface area contributed by atoms with Gasteiger partial charge in [0.25, 0.3) is 11.8 Å². The van der Waals surface area contributed by atoms with Crippen LogP contribution in [0.15, 0.2) is 109 Å². The number of rotatable bonds is 6. The number of hydrazine groups is 1. The first kappa shape index (κ1) is 22.5. The van der Waals surface area contributed by atoms with Crippen LogP contribution in [0.5, 0.6) is 0 Å². The Hall–Kier alpha value is -3.74. The van der Waals surface area contributed by atoms with Crippen molar-refractivity contribution in [3.8, 4) is 0 Å². The van der Waals surface area contributed by atoms with Crippen molar-refractivity contribution in [2.24, 2.45) is 0 Å². The topological polar surface area (TPSA) is 69.6 Å². The van der Waals surface area contributed by atoms with Crippen LogP contribution in [0, 0.1) is 0 Å². The Balaban J connectivity index is 1.75. The Kier molecular flexibility index (Phi) is 6.68. The number of aliphatic hydroxyl groups is 1. The van der Waals surface area contributed by atoms with Gasteiger partial charge in [0.2, 0.25) is 0 Å². The molecule has 0 unspecified atom stereocenters. The summed E-state index contributed by atoms with van der Waals surface area (Å²) in [7, 11) is 0. The first-order valence-electron chi connectivity index (χ1n) is 10.6. The number of nitrogens with zero attached hydrogens (tertiary/aromatic N) is 1. The van der Waals surface area contributed by atoms with Gasteiger partial charge in [0.1, 0.15) is 0 Å². The largest absolute Gasteiger partial charge is 0.372 e. The predicted molar refractivity (Wildman–Crippen MR) is 129 cm³/mol. The van der Waals surface area contributed by atoms with Gasteiger partial charge in [-0.25, -0.2) is 5.01 Å². The zero-order valence-corrected chi connectivity index (χ0v) is 18.9. The van der Waals surface area contributed by atoms with Crippen molar-refractivity contribution in [3.05, 3.63) is 130 Å². The van der Waals surface area contributed by atoms with Crippen molar-refractivity contribution < 1.29 is 14.7 Å². The molecule has 0 aliphatic carbocycles. The molecule has 3 aromatic carbocycles. The molecule has 0 saturated heterocycles. The van der Waals surface area contributed by atoms with E-state index in [1.807, 2.05) is 54.8 Å². The first-order valence-corrected chi connectivity index (χ1v) is 11.5. The zero-order valence-electron chi connectivity index (χ0n) is 18.1. The van der Waals surface area contributed by atoms with E-state index in [1.54, 1.807) is 60.7 Å². The van der Waals surface area contributed by atoms with Crippen molar-refractivity contribution >= 4 is 23.2 Å². The van der Waals surface area contributed by atoms with Crippen molar-refractivity contribution in [2.75, 3.05) is 0 Å². The predicted octanol–water partition coefficient (Wildman–Crippen LogP) is 4.92. The highest BCUT2D eigenvalue weighted by atomic mass is 32.1. The van der Waals surface area contributed by atoms with Crippen LogP contribution in [0.1, 0.15) is 39.3 Å². The van der Waals surface area contributed by atoms with Crippen molar-refractivity contribution in [1.29, 1.82) is 0 Å².